The van der Waals surface area contributed by atoms with Crippen molar-refractivity contribution in [1.29, 1.82) is 0 Å². The molecule has 0 aromatic heterocycles. The van der Waals surface area contributed by atoms with Crippen molar-refractivity contribution in [3.05, 3.63) is 22.2 Å². The van der Waals surface area contributed by atoms with E-state index in [2.05, 4.69) is 9.62 Å². The van der Waals surface area contributed by atoms with Gasteiger partial charge in [-0.1, -0.05) is 48.9 Å². The number of hydrogen-bond donors (Lipinski definition) is 1. The van der Waals surface area contributed by atoms with Gasteiger partial charge in [-0.15, -0.1) is 0 Å². The molecule has 116 valence electrons. The molecule has 1 aromatic carbocycles. The molecule has 0 spiro atoms. The standard InChI is InChI=1S/C14H18Cl2N2O2S/c15-11-7-13-14(8-12(11)16)21(19,20)17-9-18(13)10-5-3-1-2-4-6-10/h7-8,10,17H,1-6,9H2. The summed E-state index contributed by atoms with van der Waals surface area (Å²) in [6.07, 6.45) is 7.05. The fourth-order valence-electron chi connectivity index (χ4n) is 3.17. The van der Waals surface area contributed by atoms with Gasteiger partial charge in [0.2, 0.25) is 10.0 Å². The van der Waals surface area contributed by atoms with E-state index in [1.807, 2.05) is 0 Å². The summed E-state index contributed by atoms with van der Waals surface area (Å²) in [5.74, 6) is 0. The van der Waals surface area contributed by atoms with Crippen LogP contribution < -0.4 is 9.62 Å². The smallest absolute Gasteiger partial charge is 0.244 e. The predicted molar refractivity (Wildman–Crippen MR) is 85.6 cm³/mol. The van der Waals surface area contributed by atoms with Crippen molar-refractivity contribution in [3.63, 3.8) is 0 Å². The van der Waals surface area contributed by atoms with Gasteiger partial charge in [0.15, 0.2) is 0 Å². The maximum absolute atomic E-state index is 12.2. The maximum Gasteiger partial charge on any atom is 0.244 e. The van der Waals surface area contributed by atoms with E-state index in [-0.39, 0.29) is 9.92 Å². The number of sulfonamides is 1. The van der Waals surface area contributed by atoms with Crippen LogP contribution in [0.4, 0.5) is 5.69 Å². The van der Waals surface area contributed by atoms with Crippen LogP contribution in [0.5, 0.6) is 0 Å². The van der Waals surface area contributed by atoms with Crippen LogP contribution in [0, 0.1) is 0 Å². The van der Waals surface area contributed by atoms with E-state index in [0.717, 1.165) is 12.8 Å². The van der Waals surface area contributed by atoms with Crippen molar-refractivity contribution >= 4 is 38.9 Å². The van der Waals surface area contributed by atoms with Crippen LogP contribution >= 0.6 is 23.2 Å². The van der Waals surface area contributed by atoms with E-state index >= 15 is 0 Å². The number of fused-ring (bicyclic) bond motifs is 1. The van der Waals surface area contributed by atoms with Gasteiger partial charge in [-0.05, 0) is 25.0 Å². The monoisotopic (exact) mass is 348 g/mol. The first-order valence-electron chi connectivity index (χ1n) is 7.24. The van der Waals surface area contributed by atoms with Gasteiger partial charge >= 0.3 is 0 Å². The lowest BCUT2D eigenvalue weighted by molar-refractivity contribution is 0.501. The second kappa shape index (κ2) is 5.95. The van der Waals surface area contributed by atoms with Crippen molar-refractivity contribution in [3.8, 4) is 0 Å². The third-order valence-electron chi connectivity index (χ3n) is 4.29. The van der Waals surface area contributed by atoms with E-state index in [9.17, 15) is 8.42 Å². The molecule has 3 rings (SSSR count). The Balaban J connectivity index is 2.04. The highest BCUT2D eigenvalue weighted by Gasteiger charge is 2.32. The molecule has 0 bridgehead atoms. The molecule has 0 atom stereocenters. The molecule has 0 amide bonds. The summed E-state index contributed by atoms with van der Waals surface area (Å²) in [5, 5.41) is 0.662. The number of halogens is 2. The lowest BCUT2D eigenvalue weighted by Gasteiger charge is -2.37. The number of anilines is 1. The van der Waals surface area contributed by atoms with Crippen LogP contribution in [0.1, 0.15) is 38.5 Å². The highest BCUT2D eigenvalue weighted by molar-refractivity contribution is 7.89. The van der Waals surface area contributed by atoms with E-state index < -0.39 is 10.0 Å². The SMILES string of the molecule is O=S1(=O)NCN(C2CCCCCC2)c2cc(Cl)c(Cl)cc21. The average Bonchev–Trinajstić information content (AvgIpc) is 2.70. The summed E-state index contributed by atoms with van der Waals surface area (Å²) in [5.41, 5.74) is 0.676. The third kappa shape index (κ3) is 3.02. The highest BCUT2D eigenvalue weighted by Crippen LogP contribution is 2.38. The fourth-order valence-corrected chi connectivity index (χ4v) is 4.75. The molecule has 1 fully saturated rings. The van der Waals surface area contributed by atoms with Crippen LogP contribution in [0.15, 0.2) is 17.0 Å². The van der Waals surface area contributed by atoms with Crippen LogP contribution in [-0.2, 0) is 10.0 Å². The van der Waals surface area contributed by atoms with Gasteiger partial charge in [0, 0.05) is 6.04 Å². The minimum absolute atomic E-state index is 0.229. The lowest BCUT2D eigenvalue weighted by atomic mass is 10.1. The van der Waals surface area contributed by atoms with Crippen molar-refractivity contribution < 1.29 is 8.42 Å². The lowest BCUT2D eigenvalue weighted by Crippen LogP contribution is -2.48. The van der Waals surface area contributed by atoms with Crippen LogP contribution in [0.2, 0.25) is 10.0 Å². The zero-order valence-corrected chi connectivity index (χ0v) is 13.9. The van der Waals surface area contributed by atoms with Gasteiger partial charge in [-0.25, -0.2) is 8.42 Å². The molecule has 4 nitrogen and oxygen atoms in total. The Hall–Kier alpha value is -0.490. The third-order valence-corrected chi connectivity index (χ3v) is 6.43. The summed E-state index contributed by atoms with van der Waals surface area (Å²) < 4.78 is 27.0. The summed E-state index contributed by atoms with van der Waals surface area (Å²) in [7, 11) is -3.50. The van der Waals surface area contributed by atoms with Crippen LogP contribution in [0.25, 0.3) is 0 Å². The van der Waals surface area contributed by atoms with E-state index in [1.165, 1.54) is 31.7 Å². The molecule has 21 heavy (non-hydrogen) atoms. The average molecular weight is 349 g/mol. The van der Waals surface area contributed by atoms with Crippen LogP contribution in [-0.4, -0.2) is 21.1 Å². The van der Waals surface area contributed by atoms with E-state index in [4.69, 9.17) is 23.2 Å². The number of nitrogens with one attached hydrogen (secondary N) is 1. The van der Waals surface area contributed by atoms with Crippen molar-refractivity contribution in [1.82, 2.24) is 4.72 Å². The van der Waals surface area contributed by atoms with Gasteiger partial charge in [0.05, 0.1) is 22.4 Å². The van der Waals surface area contributed by atoms with Crippen molar-refractivity contribution in [2.24, 2.45) is 0 Å². The number of nitrogens with zero attached hydrogens (tertiary/aromatic N) is 1. The first-order chi connectivity index (χ1) is 9.99. The molecule has 1 aromatic rings. The minimum Gasteiger partial charge on any atom is -0.354 e. The first kappa shape index (κ1) is 15.4. The summed E-state index contributed by atoms with van der Waals surface area (Å²) in [6.45, 7) is 0.304. The Labute approximate surface area is 135 Å². The normalized spacial score (nSPS) is 22.7. The molecule has 1 aliphatic carbocycles. The fraction of sp³-hybridized carbons (Fsp3) is 0.571. The molecule has 1 saturated carbocycles. The number of hydrogen-bond acceptors (Lipinski definition) is 3. The summed E-state index contributed by atoms with van der Waals surface area (Å²) in [4.78, 5) is 2.36. The van der Waals surface area contributed by atoms with E-state index in [1.54, 1.807) is 6.07 Å². The molecule has 7 heteroatoms. The Morgan fingerprint density at radius 1 is 1.05 bits per heavy atom. The molecule has 1 heterocycles. The molecule has 1 aliphatic heterocycles. The molecular formula is C14H18Cl2N2O2S. The topological polar surface area (TPSA) is 49.4 Å². The summed E-state index contributed by atoms with van der Waals surface area (Å²) in [6, 6.07) is 3.49. The molecule has 1 N–H and O–H groups in total. The summed E-state index contributed by atoms with van der Waals surface area (Å²) >= 11 is 12.1. The Kier molecular flexibility index (Phi) is 4.37. The maximum atomic E-state index is 12.2. The zero-order valence-electron chi connectivity index (χ0n) is 11.6. The molecular weight excluding hydrogens is 331 g/mol. The molecule has 0 radical (unpaired) electrons. The Bertz CT molecular complexity index is 641. The Morgan fingerprint density at radius 2 is 1.67 bits per heavy atom. The Morgan fingerprint density at radius 3 is 2.33 bits per heavy atom. The number of benzene rings is 1. The second-order valence-corrected chi connectivity index (χ2v) is 8.20. The van der Waals surface area contributed by atoms with Gasteiger partial charge in [0.1, 0.15) is 4.90 Å². The first-order valence-corrected chi connectivity index (χ1v) is 9.48. The van der Waals surface area contributed by atoms with Gasteiger partial charge in [-0.2, -0.15) is 4.72 Å². The molecule has 0 saturated heterocycles. The van der Waals surface area contributed by atoms with Gasteiger partial charge in [0.25, 0.3) is 0 Å². The van der Waals surface area contributed by atoms with Crippen molar-refractivity contribution in [2.45, 2.75) is 49.5 Å². The zero-order chi connectivity index (χ0) is 15.0. The largest absolute Gasteiger partial charge is 0.354 e. The quantitative estimate of drug-likeness (QED) is 0.785. The molecule has 2 aliphatic rings. The van der Waals surface area contributed by atoms with Gasteiger partial charge in [-0.3, -0.25) is 0 Å². The highest BCUT2D eigenvalue weighted by atomic mass is 35.5. The van der Waals surface area contributed by atoms with Gasteiger partial charge < -0.3 is 4.90 Å². The number of rotatable bonds is 1. The predicted octanol–water partition coefficient (Wildman–Crippen LogP) is 3.77. The van der Waals surface area contributed by atoms with Crippen molar-refractivity contribution in [2.75, 3.05) is 11.6 Å². The molecule has 0 unspecified atom stereocenters. The van der Waals surface area contributed by atoms with E-state index in [0.29, 0.717) is 23.4 Å². The second-order valence-electron chi connectivity index (χ2n) is 5.66. The minimum atomic E-state index is -3.50. The van der Waals surface area contributed by atoms with Crippen LogP contribution in [0.3, 0.4) is 0 Å².